The van der Waals surface area contributed by atoms with E-state index >= 15 is 0 Å². The summed E-state index contributed by atoms with van der Waals surface area (Å²) in [6.07, 6.45) is 5.64. The van der Waals surface area contributed by atoms with Crippen LogP contribution in [0.3, 0.4) is 0 Å². The van der Waals surface area contributed by atoms with E-state index in [0.29, 0.717) is 11.6 Å². The topological polar surface area (TPSA) is 56.2 Å². The summed E-state index contributed by atoms with van der Waals surface area (Å²) in [5.41, 5.74) is 0. The second-order valence-electron chi connectivity index (χ2n) is 3.98. The average Bonchev–Trinajstić information content (AvgIpc) is 3.20. The van der Waals surface area contributed by atoms with Gasteiger partial charge >= 0.3 is 0 Å². The zero-order valence-electron chi connectivity index (χ0n) is 10.1. The maximum Gasteiger partial charge on any atom is 0.235 e. The molecule has 4 rings (SSSR count). The SMILES string of the molecule is C(=Cc1nn2c(-c3ccco3)nnc2s1)c1cccs1. The summed E-state index contributed by atoms with van der Waals surface area (Å²) in [7, 11) is 0. The Morgan fingerprint density at radius 2 is 2.15 bits per heavy atom. The van der Waals surface area contributed by atoms with Gasteiger partial charge in [0.2, 0.25) is 10.8 Å². The lowest BCUT2D eigenvalue weighted by molar-refractivity contribution is 0.575. The molecule has 4 aromatic rings. The summed E-state index contributed by atoms with van der Waals surface area (Å²) in [5.74, 6) is 1.29. The Hall–Kier alpha value is -2.25. The summed E-state index contributed by atoms with van der Waals surface area (Å²) >= 11 is 3.18. The largest absolute Gasteiger partial charge is 0.461 e. The highest BCUT2D eigenvalue weighted by Gasteiger charge is 2.14. The van der Waals surface area contributed by atoms with E-state index in [-0.39, 0.29) is 0 Å². The van der Waals surface area contributed by atoms with Crippen LogP contribution in [0.4, 0.5) is 0 Å². The third-order valence-electron chi connectivity index (χ3n) is 2.68. The first kappa shape index (κ1) is 11.6. The number of thiophene rings is 1. The maximum atomic E-state index is 5.34. The minimum absolute atomic E-state index is 0.622. The quantitative estimate of drug-likeness (QED) is 0.579. The van der Waals surface area contributed by atoms with Gasteiger partial charge in [-0.2, -0.15) is 9.61 Å². The van der Waals surface area contributed by atoms with Crippen molar-refractivity contribution in [2.24, 2.45) is 0 Å². The van der Waals surface area contributed by atoms with Crippen LogP contribution in [0.1, 0.15) is 9.88 Å². The van der Waals surface area contributed by atoms with Crippen molar-refractivity contribution in [2.45, 2.75) is 0 Å². The fourth-order valence-corrected chi connectivity index (χ4v) is 3.16. The summed E-state index contributed by atoms with van der Waals surface area (Å²) in [5, 5.41) is 15.6. The van der Waals surface area contributed by atoms with Crippen molar-refractivity contribution in [1.82, 2.24) is 19.8 Å². The fraction of sp³-hybridized carbons (Fsp3) is 0. The van der Waals surface area contributed by atoms with Gasteiger partial charge in [0.15, 0.2) is 5.76 Å². The van der Waals surface area contributed by atoms with Crippen molar-refractivity contribution >= 4 is 39.8 Å². The molecule has 4 aromatic heterocycles. The number of hydrogen-bond donors (Lipinski definition) is 0. The Morgan fingerprint density at radius 3 is 2.95 bits per heavy atom. The lowest BCUT2D eigenvalue weighted by atomic mass is 10.4. The van der Waals surface area contributed by atoms with Gasteiger partial charge in [-0.15, -0.1) is 21.5 Å². The molecule has 0 unspecified atom stereocenters. The zero-order valence-corrected chi connectivity index (χ0v) is 11.8. The predicted molar refractivity (Wildman–Crippen MR) is 79.6 cm³/mol. The van der Waals surface area contributed by atoms with Crippen LogP contribution in [0, 0.1) is 0 Å². The molecule has 0 radical (unpaired) electrons. The van der Waals surface area contributed by atoms with Gasteiger partial charge in [-0.1, -0.05) is 17.4 Å². The van der Waals surface area contributed by atoms with Gasteiger partial charge in [0, 0.05) is 4.88 Å². The number of hydrogen-bond acceptors (Lipinski definition) is 6. The van der Waals surface area contributed by atoms with Crippen LogP contribution >= 0.6 is 22.7 Å². The maximum absolute atomic E-state index is 5.34. The first-order valence-electron chi connectivity index (χ1n) is 5.88. The monoisotopic (exact) mass is 300 g/mol. The number of aromatic nitrogens is 4. The Labute approximate surface area is 121 Å². The van der Waals surface area contributed by atoms with Crippen molar-refractivity contribution in [2.75, 3.05) is 0 Å². The van der Waals surface area contributed by atoms with Crippen LogP contribution in [0.25, 0.3) is 28.7 Å². The smallest absolute Gasteiger partial charge is 0.235 e. The molecular formula is C13H8N4OS2. The molecule has 0 aliphatic carbocycles. The molecule has 0 bridgehead atoms. The van der Waals surface area contributed by atoms with E-state index in [1.54, 1.807) is 22.1 Å². The van der Waals surface area contributed by atoms with Gasteiger partial charge in [0.05, 0.1) is 6.26 Å². The lowest BCUT2D eigenvalue weighted by Gasteiger charge is -1.89. The van der Waals surface area contributed by atoms with Gasteiger partial charge in [-0.3, -0.25) is 0 Å². The molecule has 4 heterocycles. The summed E-state index contributed by atoms with van der Waals surface area (Å²) in [6.45, 7) is 0. The van der Waals surface area contributed by atoms with Crippen molar-refractivity contribution in [3.8, 4) is 11.6 Å². The summed E-state index contributed by atoms with van der Waals surface area (Å²) in [4.78, 5) is 1.95. The van der Waals surface area contributed by atoms with Crippen LogP contribution < -0.4 is 0 Å². The van der Waals surface area contributed by atoms with Crippen LogP contribution in [0.15, 0.2) is 40.3 Å². The van der Waals surface area contributed by atoms with Crippen molar-refractivity contribution in [1.29, 1.82) is 0 Å². The van der Waals surface area contributed by atoms with E-state index in [1.807, 2.05) is 35.7 Å². The molecular weight excluding hydrogens is 292 g/mol. The Balaban J connectivity index is 1.73. The minimum Gasteiger partial charge on any atom is -0.461 e. The first-order valence-corrected chi connectivity index (χ1v) is 7.57. The standard InChI is InChI=1S/C13H8N4OS2/c1-4-10(18-7-1)12-14-15-13-17(12)16-11(20-13)6-5-9-3-2-8-19-9/h1-8H. The minimum atomic E-state index is 0.622. The molecule has 0 atom stereocenters. The van der Waals surface area contributed by atoms with E-state index in [0.717, 1.165) is 9.97 Å². The first-order chi connectivity index (χ1) is 9.90. The van der Waals surface area contributed by atoms with Crippen molar-refractivity contribution in [3.05, 3.63) is 45.8 Å². The Kier molecular flexibility index (Phi) is 2.71. The van der Waals surface area contributed by atoms with Gasteiger partial charge in [-0.25, -0.2) is 0 Å². The molecule has 98 valence electrons. The molecule has 0 N–H and O–H groups in total. The average molecular weight is 300 g/mol. The number of rotatable bonds is 3. The molecule has 5 nitrogen and oxygen atoms in total. The lowest BCUT2D eigenvalue weighted by Crippen LogP contribution is -1.88. The zero-order chi connectivity index (χ0) is 13.4. The van der Waals surface area contributed by atoms with Gasteiger partial charge in [-0.05, 0) is 35.7 Å². The summed E-state index contributed by atoms with van der Waals surface area (Å²) in [6, 6.07) is 7.75. The summed E-state index contributed by atoms with van der Waals surface area (Å²) < 4.78 is 7.05. The molecule has 0 fully saturated rings. The van der Waals surface area contributed by atoms with E-state index in [2.05, 4.69) is 21.4 Å². The van der Waals surface area contributed by atoms with Gasteiger partial charge in [0.25, 0.3) is 0 Å². The molecule has 0 aliphatic heterocycles. The molecule has 0 aromatic carbocycles. The highest BCUT2D eigenvalue weighted by atomic mass is 32.1. The molecule has 7 heteroatoms. The highest BCUT2D eigenvalue weighted by Crippen LogP contribution is 2.23. The number of nitrogens with zero attached hydrogens (tertiary/aromatic N) is 4. The van der Waals surface area contributed by atoms with Crippen LogP contribution in [-0.2, 0) is 0 Å². The molecule has 0 saturated heterocycles. The van der Waals surface area contributed by atoms with Gasteiger partial charge in [0.1, 0.15) is 5.01 Å². The molecule has 20 heavy (non-hydrogen) atoms. The van der Waals surface area contributed by atoms with E-state index in [4.69, 9.17) is 4.42 Å². The third-order valence-corrected chi connectivity index (χ3v) is 4.38. The molecule has 0 aliphatic rings. The van der Waals surface area contributed by atoms with Gasteiger partial charge < -0.3 is 4.42 Å². The number of fused-ring (bicyclic) bond motifs is 1. The second-order valence-corrected chi connectivity index (χ2v) is 5.95. The van der Waals surface area contributed by atoms with Crippen LogP contribution in [-0.4, -0.2) is 19.8 Å². The Morgan fingerprint density at radius 1 is 1.15 bits per heavy atom. The Bertz CT molecular complexity index is 856. The van der Waals surface area contributed by atoms with E-state index < -0.39 is 0 Å². The number of furan rings is 1. The van der Waals surface area contributed by atoms with E-state index in [9.17, 15) is 0 Å². The molecule has 0 amide bonds. The van der Waals surface area contributed by atoms with Crippen molar-refractivity contribution < 1.29 is 4.42 Å². The normalized spacial score (nSPS) is 11.8. The predicted octanol–water partition coefficient (Wildman–Crippen LogP) is 3.68. The van der Waals surface area contributed by atoms with Crippen LogP contribution in [0.2, 0.25) is 0 Å². The second kappa shape index (κ2) is 4.69. The van der Waals surface area contributed by atoms with Crippen LogP contribution in [0.5, 0.6) is 0 Å². The highest BCUT2D eigenvalue weighted by molar-refractivity contribution is 7.17. The molecule has 0 spiro atoms. The van der Waals surface area contributed by atoms with E-state index in [1.165, 1.54) is 16.2 Å². The fourth-order valence-electron chi connectivity index (χ4n) is 1.80. The van der Waals surface area contributed by atoms with Crippen molar-refractivity contribution in [3.63, 3.8) is 0 Å². The molecule has 0 saturated carbocycles. The third kappa shape index (κ3) is 1.97.